The van der Waals surface area contributed by atoms with Crippen LogP contribution in [0.4, 0.5) is 11.4 Å². The standard InChI is InChI=1S/C19H21BrClN3O/c1-2-23-9-11-24(12-10-23)18-8-7-14(13-17(18)21)22-19(25)15-5-3-4-6-16(15)20/h3-8,13H,2,9-12H2,1H3,(H,22,25). The molecule has 2 aromatic carbocycles. The van der Waals surface area contributed by atoms with Crippen LogP contribution in [0, 0.1) is 0 Å². The molecular formula is C19H21BrClN3O. The van der Waals surface area contributed by atoms with Gasteiger partial charge in [-0.25, -0.2) is 0 Å². The van der Waals surface area contributed by atoms with Crippen LogP contribution in [0.2, 0.25) is 5.02 Å². The third-order valence-corrected chi connectivity index (χ3v) is 5.48. The Hall–Kier alpha value is -1.56. The van der Waals surface area contributed by atoms with E-state index in [0.29, 0.717) is 16.3 Å². The first-order valence-corrected chi connectivity index (χ1v) is 9.58. The first kappa shape index (κ1) is 18.2. The Morgan fingerprint density at radius 1 is 1.16 bits per heavy atom. The van der Waals surface area contributed by atoms with Crippen LogP contribution in [0.15, 0.2) is 46.9 Å². The van der Waals surface area contributed by atoms with Gasteiger partial charge in [-0.15, -0.1) is 0 Å². The van der Waals surface area contributed by atoms with E-state index in [-0.39, 0.29) is 5.91 Å². The highest BCUT2D eigenvalue weighted by atomic mass is 79.9. The van der Waals surface area contributed by atoms with Crippen molar-refractivity contribution in [2.45, 2.75) is 6.92 Å². The fourth-order valence-corrected chi connectivity index (χ4v) is 3.75. The summed E-state index contributed by atoms with van der Waals surface area (Å²) in [6, 6.07) is 13.1. The fourth-order valence-electron chi connectivity index (χ4n) is 2.99. The lowest BCUT2D eigenvalue weighted by Gasteiger charge is -2.36. The molecule has 0 unspecified atom stereocenters. The molecule has 0 spiro atoms. The van der Waals surface area contributed by atoms with Gasteiger partial charge in [0.05, 0.1) is 16.3 Å². The minimum absolute atomic E-state index is 0.159. The lowest BCUT2D eigenvalue weighted by molar-refractivity contribution is 0.102. The number of halogens is 2. The number of likely N-dealkylation sites (N-methyl/N-ethyl adjacent to an activating group) is 1. The van der Waals surface area contributed by atoms with E-state index in [1.165, 1.54) is 0 Å². The molecule has 4 nitrogen and oxygen atoms in total. The Kier molecular flexibility index (Phi) is 5.99. The zero-order valence-electron chi connectivity index (χ0n) is 14.1. The van der Waals surface area contributed by atoms with Crippen LogP contribution in [0.1, 0.15) is 17.3 Å². The molecule has 0 aliphatic carbocycles. The maximum Gasteiger partial charge on any atom is 0.256 e. The van der Waals surface area contributed by atoms with Gasteiger partial charge in [-0.2, -0.15) is 0 Å². The minimum Gasteiger partial charge on any atom is -0.368 e. The average Bonchev–Trinajstić information content (AvgIpc) is 2.62. The molecule has 132 valence electrons. The molecule has 6 heteroatoms. The Morgan fingerprint density at radius 2 is 1.88 bits per heavy atom. The molecule has 0 radical (unpaired) electrons. The predicted octanol–water partition coefficient (Wildman–Crippen LogP) is 4.50. The number of nitrogens with zero attached hydrogens (tertiary/aromatic N) is 2. The normalized spacial score (nSPS) is 15.2. The number of benzene rings is 2. The van der Waals surface area contributed by atoms with Crippen molar-refractivity contribution >= 4 is 44.8 Å². The van der Waals surface area contributed by atoms with Gasteiger partial charge in [-0.05, 0) is 52.8 Å². The lowest BCUT2D eigenvalue weighted by Crippen LogP contribution is -2.46. The molecule has 2 aromatic rings. The van der Waals surface area contributed by atoms with E-state index in [1.54, 1.807) is 6.07 Å². The van der Waals surface area contributed by atoms with E-state index in [2.05, 4.69) is 38.0 Å². The van der Waals surface area contributed by atoms with Crippen molar-refractivity contribution in [2.75, 3.05) is 42.9 Å². The summed E-state index contributed by atoms with van der Waals surface area (Å²) in [5.41, 5.74) is 2.32. The van der Waals surface area contributed by atoms with Gasteiger partial charge in [0.2, 0.25) is 0 Å². The number of nitrogens with one attached hydrogen (secondary N) is 1. The summed E-state index contributed by atoms with van der Waals surface area (Å²) in [5, 5.41) is 3.57. The van der Waals surface area contributed by atoms with E-state index in [0.717, 1.165) is 42.9 Å². The summed E-state index contributed by atoms with van der Waals surface area (Å²) in [5.74, 6) is -0.159. The number of piperazine rings is 1. The summed E-state index contributed by atoms with van der Waals surface area (Å²) in [6.45, 7) is 7.31. The molecule has 0 saturated carbocycles. The number of hydrogen-bond donors (Lipinski definition) is 1. The molecule has 1 fully saturated rings. The van der Waals surface area contributed by atoms with Crippen LogP contribution in [-0.4, -0.2) is 43.5 Å². The molecular weight excluding hydrogens is 402 g/mol. The predicted molar refractivity (Wildman–Crippen MR) is 108 cm³/mol. The number of amides is 1. The van der Waals surface area contributed by atoms with Gasteiger partial charge in [-0.3, -0.25) is 4.79 Å². The minimum atomic E-state index is -0.159. The van der Waals surface area contributed by atoms with E-state index in [1.807, 2.05) is 36.4 Å². The number of carbonyl (C=O) groups excluding carboxylic acids is 1. The summed E-state index contributed by atoms with van der Waals surface area (Å²) >= 11 is 9.88. The van der Waals surface area contributed by atoms with Crippen molar-refractivity contribution in [1.82, 2.24) is 4.90 Å². The SMILES string of the molecule is CCN1CCN(c2ccc(NC(=O)c3ccccc3Br)cc2Cl)CC1. The second-order valence-electron chi connectivity index (χ2n) is 6.02. The molecule has 1 amide bonds. The molecule has 1 saturated heterocycles. The largest absolute Gasteiger partial charge is 0.368 e. The maximum atomic E-state index is 12.4. The molecule has 0 bridgehead atoms. The van der Waals surface area contributed by atoms with Gasteiger partial charge < -0.3 is 15.1 Å². The van der Waals surface area contributed by atoms with Crippen LogP contribution in [0.3, 0.4) is 0 Å². The van der Waals surface area contributed by atoms with E-state index in [4.69, 9.17) is 11.6 Å². The topological polar surface area (TPSA) is 35.6 Å². The van der Waals surface area contributed by atoms with Crippen LogP contribution in [-0.2, 0) is 0 Å². The number of hydrogen-bond acceptors (Lipinski definition) is 3. The highest BCUT2D eigenvalue weighted by Crippen LogP contribution is 2.30. The average molecular weight is 423 g/mol. The Morgan fingerprint density at radius 3 is 2.52 bits per heavy atom. The first-order valence-electron chi connectivity index (χ1n) is 8.41. The maximum absolute atomic E-state index is 12.4. The van der Waals surface area contributed by atoms with Crippen LogP contribution in [0.5, 0.6) is 0 Å². The number of rotatable bonds is 4. The van der Waals surface area contributed by atoms with Crippen molar-refractivity contribution in [2.24, 2.45) is 0 Å². The molecule has 1 N–H and O–H groups in total. The molecule has 0 atom stereocenters. The second kappa shape index (κ2) is 8.21. The molecule has 1 aliphatic rings. The van der Waals surface area contributed by atoms with Gasteiger partial charge in [-0.1, -0.05) is 30.7 Å². The van der Waals surface area contributed by atoms with Gasteiger partial charge in [0.1, 0.15) is 0 Å². The van der Waals surface area contributed by atoms with E-state index in [9.17, 15) is 4.79 Å². The van der Waals surface area contributed by atoms with Crippen molar-refractivity contribution in [3.8, 4) is 0 Å². The number of anilines is 2. The fraction of sp³-hybridized carbons (Fsp3) is 0.316. The summed E-state index contributed by atoms with van der Waals surface area (Å²) < 4.78 is 0.768. The molecule has 1 heterocycles. The smallest absolute Gasteiger partial charge is 0.256 e. The quantitative estimate of drug-likeness (QED) is 0.788. The summed E-state index contributed by atoms with van der Waals surface area (Å²) in [4.78, 5) is 17.1. The third-order valence-electron chi connectivity index (χ3n) is 4.48. The van der Waals surface area contributed by atoms with E-state index < -0.39 is 0 Å². The highest BCUT2D eigenvalue weighted by molar-refractivity contribution is 9.10. The Bertz CT molecular complexity index is 760. The van der Waals surface area contributed by atoms with Gasteiger partial charge in [0, 0.05) is 36.3 Å². The Labute approximate surface area is 161 Å². The van der Waals surface area contributed by atoms with Crippen molar-refractivity contribution < 1.29 is 4.79 Å². The first-order chi connectivity index (χ1) is 12.1. The second-order valence-corrected chi connectivity index (χ2v) is 7.28. The van der Waals surface area contributed by atoms with Gasteiger partial charge >= 0.3 is 0 Å². The van der Waals surface area contributed by atoms with Crippen LogP contribution >= 0.6 is 27.5 Å². The zero-order valence-corrected chi connectivity index (χ0v) is 16.5. The zero-order chi connectivity index (χ0) is 17.8. The molecule has 3 rings (SSSR count). The van der Waals surface area contributed by atoms with E-state index >= 15 is 0 Å². The Balaban J connectivity index is 1.70. The molecule has 0 aromatic heterocycles. The van der Waals surface area contributed by atoms with Crippen molar-refractivity contribution in [3.05, 3.63) is 57.5 Å². The van der Waals surface area contributed by atoms with Crippen LogP contribution < -0.4 is 10.2 Å². The summed E-state index contributed by atoms with van der Waals surface area (Å²) in [6.07, 6.45) is 0. The van der Waals surface area contributed by atoms with Crippen molar-refractivity contribution in [3.63, 3.8) is 0 Å². The van der Waals surface area contributed by atoms with Crippen LogP contribution in [0.25, 0.3) is 0 Å². The highest BCUT2D eigenvalue weighted by Gasteiger charge is 2.18. The molecule has 25 heavy (non-hydrogen) atoms. The lowest BCUT2D eigenvalue weighted by atomic mass is 10.2. The van der Waals surface area contributed by atoms with Gasteiger partial charge in [0.25, 0.3) is 5.91 Å². The molecule has 1 aliphatic heterocycles. The van der Waals surface area contributed by atoms with Crippen molar-refractivity contribution in [1.29, 1.82) is 0 Å². The number of carbonyl (C=O) groups is 1. The van der Waals surface area contributed by atoms with Gasteiger partial charge in [0.15, 0.2) is 0 Å². The third kappa shape index (κ3) is 4.35. The monoisotopic (exact) mass is 421 g/mol. The summed E-state index contributed by atoms with van der Waals surface area (Å²) in [7, 11) is 0.